The maximum Gasteiger partial charge on any atom is 0.324 e. The molecular weight excluding hydrogens is 266 g/mol. The lowest BCUT2D eigenvalue weighted by atomic mass is 9.94. The van der Waals surface area contributed by atoms with Crippen molar-refractivity contribution in [1.82, 2.24) is 4.90 Å². The van der Waals surface area contributed by atoms with Crippen molar-refractivity contribution in [3.05, 3.63) is 27.1 Å². The summed E-state index contributed by atoms with van der Waals surface area (Å²) < 4.78 is 5.36. The maximum absolute atomic E-state index is 10.7. The molecule has 2 rings (SSSR count). The maximum atomic E-state index is 10.7. The van der Waals surface area contributed by atoms with Crippen LogP contribution in [-0.2, 0) is 11.2 Å². The Balaban J connectivity index is 2.09. The number of hydrogen-bond donors (Lipinski definition) is 1. The van der Waals surface area contributed by atoms with Crippen LogP contribution in [0.15, 0.2) is 12.1 Å². The van der Waals surface area contributed by atoms with Gasteiger partial charge in [-0.15, -0.1) is 0 Å². The van der Waals surface area contributed by atoms with E-state index in [4.69, 9.17) is 10.5 Å². The lowest BCUT2D eigenvalue weighted by Gasteiger charge is -2.42. The summed E-state index contributed by atoms with van der Waals surface area (Å²) in [4.78, 5) is 13.7. The van der Waals surface area contributed by atoms with E-state index in [0.29, 0.717) is 6.54 Å². The summed E-state index contributed by atoms with van der Waals surface area (Å²) in [5, 5.41) is 10.9. The van der Waals surface area contributed by atoms with Gasteiger partial charge in [0.1, 0.15) is 0 Å². The number of nitrogens with zero attached hydrogens (tertiary/aromatic N) is 2. The summed E-state index contributed by atoms with van der Waals surface area (Å²) in [6.07, 6.45) is 0.738. The number of hydrogen-bond acceptors (Lipinski definition) is 6. The average Bonchev–Trinajstić information content (AvgIpc) is 2.88. The van der Waals surface area contributed by atoms with Crippen molar-refractivity contribution in [3.8, 4) is 0 Å². The van der Waals surface area contributed by atoms with E-state index in [-0.39, 0.29) is 15.5 Å². The van der Waals surface area contributed by atoms with Crippen molar-refractivity contribution in [2.24, 2.45) is 5.73 Å². The predicted molar refractivity (Wildman–Crippen MR) is 74.5 cm³/mol. The summed E-state index contributed by atoms with van der Waals surface area (Å²) in [5.74, 6) is 0. The van der Waals surface area contributed by atoms with Gasteiger partial charge < -0.3 is 10.5 Å². The Morgan fingerprint density at radius 1 is 1.53 bits per heavy atom. The van der Waals surface area contributed by atoms with Crippen LogP contribution in [-0.4, -0.2) is 48.2 Å². The van der Waals surface area contributed by atoms with Gasteiger partial charge in [-0.25, -0.2) is 0 Å². The topological polar surface area (TPSA) is 81.6 Å². The molecule has 0 bridgehead atoms. The van der Waals surface area contributed by atoms with Gasteiger partial charge in [-0.1, -0.05) is 11.3 Å². The largest absolute Gasteiger partial charge is 0.379 e. The first-order chi connectivity index (χ1) is 9.05. The van der Waals surface area contributed by atoms with Crippen molar-refractivity contribution in [3.63, 3.8) is 0 Å². The second-order valence-electron chi connectivity index (χ2n) is 4.97. The SMILES string of the molecule is CC(CN)(Cc1ccc([N+](=O)[O-])s1)N1CCOCC1. The molecule has 0 spiro atoms. The van der Waals surface area contributed by atoms with E-state index >= 15 is 0 Å². The van der Waals surface area contributed by atoms with Crippen LogP contribution in [0.2, 0.25) is 0 Å². The van der Waals surface area contributed by atoms with Gasteiger partial charge in [-0.3, -0.25) is 15.0 Å². The molecule has 0 radical (unpaired) electrons. The Kier molecular flexibility index (Phi) is 4.51. The van der Waals surface area contributed by atoms with Gasteiger partial charge in [0, 0.05) is 42.5 Å². The summed E-state index contributed by atoms with van der Waals surface area (Å²) in [6.45, 7) is 5.81. The monoisotopic (exact) mass is 285 g/mol. The average molecular weight is 285 g/mol. The fourth-order valence-electron chi connectivity index (χ4n) is 2.35. The Labute approximate surface area is 116 Å². The Bertz CT molecular complexity index is 445. The molecule has 6 nitrogen and oxygen atoms in total. The van der Waals surface area contributed by atoms with E-state index in [1.807, 2.05) is 6.07 Å². The smallest absolute Gasteiger partial charge is 0.324 e. The van der Waals surface area contributed by atoms with Crippen molar-refractivity contribution in [2.45, 2.75) is 18.9 Å². The molecular formula is C12H19N3O3S. The molecule has 1 aromatic heterocycles. The van der Waals surface area contributed by atoms with Crippen molar-refractivity contribution in [2.75, 3.05) is 32.8 Å². The molecule has 0 aliphatic carbocycles. The highest BCUT2D eigenvalue weighted by Crippen LogP contribution is 2.29. The second-order valence-corrected chi connectivity index (χ2v) is 6.12. The van der Waals surface area contributed by atoms with Crippen LogP contribution in [0.25, 0.3) is 0 Å². The fourth-order valence-corrected chi connectivity index (χ4v) is 3.35. The minimum Gasteiger partial charge on any atom is -0.379 e. The summed E-state index contributed by atoms with van der Waals surface area (Å²) in [6, 6.07) is 3.40. The molecule has 1 unspecified atom stereocenters. The van der Waals surface area contributed by atoms with Crippen LogP contribution in [0.5, 0.6) is 0 Å². The van der Waals surface area contributed by atoms with E-state index in [1.54, 1.807) is 6.07 Å². The fraction of sp³-hybridized carbons (Fsp3) is 0.667. The van der Waals surface area contributed by atoms with Gasteiger partial charge in [-0.2, -0.15) is 0 Å². The number of morpholine rings is 1. The molecule has 106 valence electrons. The molecule has 19 heavy (non-hydrogen) atoms. The molecule has 1 aliphatic rings. The third-order valence-electron chi connectivity index (χ3n) is 3.60. The third kappa shape index (κ3) is 3.30. The molecule has 7 heteroatoms. The van der Waals surface area contributed by atoms with Crippen LogP contribution in [0, 0.1) is 10.1 Å². The first-order valence-electron chi connectivity index (χ1n) is 6.31. The van der Waals surface area contributed by atoms with Crippen molar-refractivity contribution in [1.29, 1.82) is 0 Å². The van der Waals surface area contributed by atoms with Crippen LogP contribution in [0.3, 0.4) is 0 Å². The molecule has 1 fully saturated rings. The minimum atomic E-state index is -0.345. The highest BCUT2D eigenvalue weighted by molar-refractivity contribution is 7.15. The van der Waals surface area contributed by atoms with Crippen LogP contribution in [0.4, 0.5) is 5.00 Å². The zero-order valence-corrected chi connectivity index (χ0v) is 11.8. The Morgan fingerprint density at radius 3 is 2.74 bits per heavy atom. The quantitative estimate of drug-likeness (QED) is 0.650. The molecule has 1 atom stereocenters. The number of ether oxygens (including phenoxy) is 1. The Morgan fingerprint density at radius 2 is 2.21 bits per heavy atom. The molecule has 1 aromatic rings. The van der Waals surface area contributed by atoms with E-state index in [1.165, 1.54) is 11.3 Å². The van der Waals surface area contributed by atoms with Crippen molar-refractivity contribution >= 4 is 16.3 Å². The van der Waals surface area contributed by atoms with Gasteiger partial charge in [0.15, 0.2) is 0 Å². The summed E-state index contributed by atoms with van der Waals surface area (Å²) in [7, 11) is 0. The predicted octanol–water partition coefficient (Wildman–Crippen LogP) is 1.25. The van der Waals surface area contributed by atoms with Crippen LogP contribution in [0.1, 0.15) is 11.8 Å². The molecule has 0 amide bonds. The third-order valence-corrected chi connectivity index (χ3v) is 4.63. The van der Waals surface area contributed by atoms with Gasteiger partial charge >= 0.3 is 5.00 Å². The summed E-state index contributed by atoms with van der Waals surface area (Å²) in [5.41, 5.74) is 5.78. The first-order valence-corrected chi connectivity index (χ1v) is 7.13. The highest BCUT2D eigenvalue weighted by atomic mass is 32.1. The molecule has 0 aromatic carbocycles. The van der Waals surface area contributed by atoms with Crippen LogP contribution >= 0.6 is 11.3 Å². The zero-order valence-electron chi connectivity index (χ0n) is 11.0. The van der Waals surface area contributed by atoms with Gasteiger partial charge in [0.25, 0.3) is 0 Å². The molecule has 1 saturated heterocycles. The lowest BCUT2D eigenvalue weighted by Crippen LogP contribution is -2.56. The van der Waals surface area contributed by atoms with Crippen LogP contribution < -0.4 is 5.73 Å². The number of rotatable bonds is 5. The van der Waals surface area contributed by atoms with E-state index < -0.39 is 0 Å². The van der Waals surface area contributed by atoms with E-state index in [2.05, 4.69) is 11.8 Å². The lowest BCUT2D eigenvalue weighted by molar-refractivity contribution is -0.380. The van der Waals surface area contributed by atoms with Gasteiger partial charge in [0.2, 0.25) is 0 Å². The standard InChI is InChI=1S/C12H19N3O3S/c1-12(9-13,14-4-6-18-7-5-14)8-10-2-3-11(19-10)15(16)17/h2-3H,4-9,13H2,1H3. The second kappa shape index (κ2) is 5.96. The molecule has 1 aliphatic heterocycles. The number of thiophene rings is 1. The number of nitro groups is 1. The molecule has 2 heterocycles. The highest BCUT2D eigenvalue weighted by Gasteiger charge is 2.32. The first kappa shape index (κ1) is 14.4. The summed E-state index contributed by atoms with van der Waals surface area (Å²) >= 11 is 1.23. The van der Waals surface area contributed by atoms with Gasteiger partial charge in [0.05, 0.1) is 18.1 Å². The molecule has 2 N–H and O–H groups in total. The van der Waals surface area contributed by atoms with E-state index in [0.717, 1.165) is 37.6 Å². The Hall–Kier alpha value is -1.02. The minimum absolute atomic E-state index is 0.164. The zero-order chi connectivity index (χ0) is 13.9. The number of nitrogens with two attached hydrogens (primary N) is 1. The van der Waals surface area contributed by atoms with Gasteiger partial charge in [-0.05, 0) is 13.0 Å². The van der Waals surface area contributed by atoms with E-state index in [9.17, 15) is 10.1 Å². The normalized spacial score (nSPS) is 20.1. The molecule has 0 saturated carbocycles. The van der Waals surface area contributed by atoms with Crippen molar-refractivity contribution < 1.29 is 9.66 Å².